The van der Waals surface area contributed by atoms with Gasteiger partial charge in [-0.15, -0.1) is 0 Å². The van der Waals surface area contributed by atoms with Gasteiger partial charge in [0.1, 0.15) is 5.82 Å². The van der Waals surface area contributed by atoms with Crippen LogP contribution in [0.5, 0.6) is 0 Å². The third kappa shape index (κ3) is 6.48. The Labute approximate surface area is 219 Å². The largest absolute Gasteiger partial charge is 0.469 e. The number of hydrogen-bond acceptors (Lipinski definition) is 6. The fourth-order valence-electron chi connectivity index (χ4n) is 5.12. The lowest BCUT2D eigenvalue weighted by Gasteiger charge is -2.38. The SMILES string of the molecule is COC(=O)[C@H]1CC[C@H](C(=O)N2CCN(c3ccc(C(=O)Nc4ccc(C(C)(C)C)cc4)cn3)CC2)CC1. The molecule has 2 amide bonds. The molecule has 1 aliphatic heterocycles. The van der Waals surface area contributed by atoms with E-state index in [4.69, 9.17) is 4.74 Å². The van der Waals surface area contributed by atoms with Crippen molar-refractivity contribution in [3.05, 3.63) is 53.7 Å². The molecule has 1 aliphatic carbocycles. The summed E-state index contributed by atoms with van der Waals surface area (Å²) in [4.78, 5) is 46.1. The van der Waals surface area contributed by atoms with E-state index in [9.17, 15) is 14.4 Å². The molecule has 37 heavy (non-hydrogen) atoms. The van der Waals surface area contributed by atoms with E-state index in [-0.39, 0.29) is 35.0 Å². The van der Waals surface area contributed by atoms with Crippen LogP contribution in [0.4, 0.5) is 11.5 Å². The predicted molar refractivity (Wildman–Crippen MR) is 144 cm³/mol. The van der Waals surface area contributed by atoms with Crippen molar-refractivity contribution < 1.29 is 19.1 Å². The van der Waals surface area contributed by atoms with Gasteiger partial charge in [-0.25, -0.2) is 4.98 Å². The number of nitrogens with zero attached hydrogens (tertiary/aromatic N) is 3. The topological polar surface area (TPSA) is 91.8 Å². The van der Waals surface area contributed by atoms with E-state index >= 15 is 0 Å². The van der Waals surface area contributed by atoms with Crippen LogP contribution in [0.3, 0.4) is 0 Å². The third-order valence-electron chi connectivity index (χ3n) is 7.55. The van der Waals surface area contributed by atoms with Crippen LogP contribution in [0.2, 0.25) is 0 Å². The van der Waals surface area contributed by atoms with Crippen molar-refractivity contribution >= 4 is 29.3 Å². The minimum absolute atomic E-state index is 0.00644. The fourth-order valence-corrected chi connectivity index (χ4v) is 5.12. The van der Waals surface area contributed by atoms with E-state index in [1.165, 1.54) is 12.7 Å². The van der Waals surface area contributed by atoms with Gasteiger partial charge >= 0.3 is 5.97 Å². The van der Waals surface area contributed by atoms with Gasteiger partial charge < -0.3 is 19.9 Å². The van der Waals surface area contributed by atoms with E-state index in [0.717, 1.165) is 37.2 Å². The quantitative estimate of drug-likeness (QED) is 0.610. The maximum absolute atomic E-state index is 13.0. The van der Waals surface area contributed by atoms with Gasteiger partial charge in [-0.2, -0.15) is 0 Å². The smallest absolute Gasteiger partial charge is 0.308 e. The zero-order valence-electron chi connectivity index (χ0n) is 22.3. The van der Waals surface area contributed by atoms with Gasteiger partial charge in [-0.05, 0) is 60.9 Å². The van der Waals surface area contributed by atoms with Gasteiger partial charge in [0.15, 0.2) is 0 Å². The highest BCUT2D eigenvalue weighted by atomic mass is 16.5. The van der Waals surface area contributed by atoms with Crippen molar-refractivity contribution in [2.75, 3.05) is 43.5 Å². The van der Waals surface area contributed by atoms with Crippen LogP contribution in [-0.2, 0) is 19.7 Å². The Morgan fingerprint density at radius 1 is 0.892 bits per heavy atom. The number of benzene rings is 1. The summed E-state index contributed by atoms with van der Waals surface area (Å²) in [5.74, 6) is 0.560. The molecule has 4 rings (SSSR count). The Balaban J connectivity index is 1.26. The van der Waals surface area contributed by atoms with Gasteiger partial charge in [0.2, 0.25) is 5.91 Å². The Morgan fingerprint density at radius 3 is 2.05 bits per heavy atom. The van der Waals surface area contributed by atoms with Crippen molar-refractivity contribution in [1.29, 1.82) is 0 Å². The zero-order valence-corrected chi connectivity index (χ0v) is 22.3. The van der Waals surface area contributed by atoms with Gasteiger partial charge in [0.25, 0.3) is 5.91 Å². The van der Waals surface area contributed by atoms with E-state index < -0.39 is 0 Å². The van der Waals surface area contributed by atoms with E-state index in [1.807, 2.05) is 35.2 Å². The van der Waals surface area contributed by atoms with Crippen molar-refractivity contribution in [1.82, 2.24) is 9.88 Å². The molecule has 2 fully saturated rings. The summed E-state index contributed by atoms with van der Waals surface area (Å²) in [5.41, 5.74) is 2.53. The molecule has 8 nitrogen and oxygen atoms in total. The molecule has 1 aromatic heterocycles. The molecule has 0 radical (unpaired) electrons. The molecule has 2 aromatic rings. The van der Waals surface area contributed by atoms with Crippen molar-refractivity contribution in [3.63, 3.8) is 0 Å². The molecule has 0 atom stereocenters. The molecular formula is C29H38N4O4. The Kier molecular flexibility index (Phi) is 8.15. The highest BCUT2D eigenvalue weighted by Crippen LogP contribution is 2.31. The van der Waals surface area contributed by atoms with Crippen LogP contribution in [0.15, 0.2) is 42.6 Å². The van der Waals surface area contributed by atoms with Gasteiger partial charge in [-0.1, -0.05) is 32.9 Å². The average Bonchev–Trinajstić information content (AvgIpc) is 2.92. The lowest BCUT2D eigenvalue weighted by Crippen LogP contribution is -2.51. The van der Waals surface area contributed by atoms with Crippen molar-refractivity contribution in [2.24, 2.45) is 11.8 Å². The summed E-state index contributed by atoms with van der Waals surface area (Å²) < 4.78 is 4.85. The summed E-state index contributed by atoms with van der Waals surface area (Å²) in [7, 11) is 1.42. The van der Waals surface area contributed by atoms with Gasteiger partial charge in [0, 0.05) is 44.0 Å². The van der Waals surface area contributed by atoms with Crippen LogP contribution in [0.25, 0.3) is 0 Å². The highest BCUT2D eigenvalue weighted by molar-refractivity contribution is 6.04. The first kappa shape index (κ1) is 26.6. The monoisotopic (exact) mass is 506 g/mol. The second-order valence-corrected chi connectivity index (χ2v) is 11.1. The molecule has 8 heteroatoms. The number of esters is 1. The predicted octanol–water partition coefficient (Wildman–Crippen LogP) is 4.26. The fraction of sp³-hybridized carbons (Fsp3) is 0.517. The molecule has 1 N–H and O–H groups in total. The number of piperazine rings is 1. The molecule has 0 spiro atoms. The number of rotatable bonds is 5. The number of ether oxygens (including phenoxy) is 1. The number of carbonyl (C=O) groups excluding carboxylic acids is 3. The molecule has 198 valence electrons. The normalized spacial score (nSPS) is 20.3. The summed E-state index contributed by atoms with van der Waals surface area (Å²) in [5, 5.41) is 2.94. The number of hydrogen-bond donors (Lipinski definition) is 1. The number of nitrogens with one attached hydrogen (secondary N) is 1. The maximum atomic E-state index is 13.0. The molecule has 1 saturated carbocycles. The first-order valence-electron chi connectivity index (χ1n) is 13.1. The summed E-state index contributed by atoms with van der Waals surface area (Å²) in [6.45, 7) is 9.15. The van der Waals surface area contributed by atoms with Crippen LogP contribution < -0.4 is 10.2 Å². The van der Waals surface area contributed by atoms with Crippen molar-refractivity contribution in [3.8, 4) is 0 Å². The Hall–Kier alpha value is -3.42. The van der Waals surface area contributed by atoms with Gasteiger partial charge in [0.05, 0.1) is 18.6 Å². The number of pyridine rings is 1. The van der Waals surface area contributed by atoms with Gasteiger partial charge in [-0.3, -0.25) is 14.4 Å². The van der Waals surface area contributed by atoms with Crippen LogP contribution in [-0.4, -0.2) is 61.0 Å². The summed E-state index contributed by atoms with van der Waals surface area (Å²) in [6, 6.07) is 11.6. The molecule has 2 heterocycles. The van der Waals surface area contributed by atoms with Crippen LogP contribution >= 0.6 is 0 Å². The highest BCUT2D eigenvalue weighted by Gasteiger charge is 2.33. The third-order valence-corrected chi connectivity index (χ3v) is 7.55. The van der Waals surface area contributed by atoms with E-state index in [1.54, 1.807) is 12.3 Å². The summed E-state index contributed by atoms with van der Waals surface area (Å²) >= 11 is 0. The van der Waals surface area contributed by atoms with E-state index in [0.29, 0.717) is 31.7 Å². The second-order valence-electron chi connectivity index (χ2n) is 11.1. The second kappa shape index (κ2) is 11.3. The van der Waals surface area contributed by atoms with Crippen LogP contribution in [0.1, 0.15) is 62.4 Å². The number of methoxy groups -OCH3 is 1. The average molecular weight is 507 g/mol. The Morgan fingerprint density at radius 2 is 1.51 bits per heavy atom. The first-order chi connectivity index (χ1) is 17.7. The van der Waals surface area contributed by atoms with Crippen LogP contribution in [0, 0.1) is 11.8 Å². The lowest BCUT2D eigenvalue weighted by atomic mass is 9.81. The molecule has 2 aliphatic rings. The summed E-state index contributed by atoms with van der Waals surface area (Å²) in [6.07, 6.45) is 4.52. The Bertz CT molecular complexity index is 1090. The molecular weight excluding hydrogens is 468 g/mol. The number of carbonyl (C=O) groups is 3. The molecule has 0 unspecified atom stereocenters. The first-order valence-corrected chi connectivity index (χ1v) is 13.1. The number of aromatic nitrogens is 1. The number of amides is 2. The van der Waals surface area contributed by atoms with E-state index in [2.05, 4.69) is 36.0 Å². The molecule has 1 saturated heterocycles. The molecule has 0 bridgehead atoms. The van der Waals surface area contributed by atoms with Crippen molar-refractivity contribution in [2.45, 2.75) is 51.9 Å². The standard InChI is InChI=1S/C29H38N4O4/c1-29(2,3)23-10-12-24(13-11-23)31-26(34)22-9-14-25(30-19-22)32-15-17-33(18-16-32)27(35)20-5-7-21(8-6-20)28(36)37-4/h9-14,19-21H,5-8,15-18H2,1-4H3,(H,31,34)/t20-,21-. The minimum atomic E-state index is -0.195. The zero-order chi connectivity index (χ0) is 26.6. The maximum Gasteiger partial charge on any atom is 0.308 e. The number of anilines is 2. The minimum Gasteiger partial charge on any atom is -0.469 e. The molecule has 1 aromatic carbocycles. The lowest BCUT2D eigenvalue weighted by molar-refractivity contribution is -0.148.